The zero-order valence-corrected chi connectivity index (χ0v) is 25.6. The minimum absolute atomic E-state index is 0.0364. The summed E-state index contributed by atoms with van der Waals surface area (Å²) in [6.45, 7) is 15.9. The normalized spacial score (nSPS) is 46.9. The average molecular weight is 533 g/mol. The van der Waals surface area contributed by atoms with E-state index in [4.69, 9.17) is 0 Å². The first-order valence-corrected chi connectivity index (χ1v) is 15.1. The molecule has 39 heavy (non-hydrogen) atoms. The molecule has 5 aliphatic rings. The summed E-state index contributed by atoms with van der Waals surface area (Å²) in [6.07, 6.45) is 9.50. The number of Topliss-reactive ketones (excluding diaryl/α,β-unsaturated/α-hetero) is 2. The lowest BCUT2D eigenvalue weighted by Gasteiger charge is -2.71. The van der Waals surface area contributed by atoms with E-state index in [1.807, 2.05) is 27.0 Å². The van der Waals surface area contributed by atoms with E-state index < -0.39 is 5.41 Å². The quantitative estimate of drug-likeness (QED) is 0.200. The zero-order chi connectivity index (χ0) is 28.8. The number of nitriles is 1. The molecule has 5 rings (SSSR count). The molecule has 0 spiro atoms. The maximum atomic E-state index is 14.7. The number of carbonyl (C=O) groups excluding carboxylic acids is 2. The van der Waals surface area contributed by atoms with Crippen molar-refractivity contribution in [1.29, 1.82) is 5.26 Å². The van der Waals surface area contributed by atoms with Gasteiger partial charge in [-0.15, -0.1) is 5.11 Å². The van der Waals surface area contributed by atoms with Crippen molar-refractivity contribution < 1.29 is 9.59 Å². The molecule has 212 valence electrons. The number of fused-ring (bicyclic) bond motifs is 7. The van der Waals surface area contributed by atoms with E-state index in [9.17, 15) is 14.9 Å². The number of amidine groups is 1. The lowest BCUT2D eigenvalue weighted by Crippen LogP contribution is -2.69. The van der Waals surface area contributed by atoms with E-state index in [-0.39, 0.29) is 62.1 Å². The highest BCUT2D eigenvalue weighted by Gasteiger charge is 2.72. The summed E-state index contributed by atoms with van der Waals surface area (Å²) in [7, 11) is 3.54. The molecule has 0 aliphatic heterocycles. The first-order chi connectivity index (χ1) is 18.1. The van der Waals surface area contributed by atoms with Crippen molar-refractivity contribution in [3.8, 4) is 6.07 Å². The standard InChI is InChI=1S/C33H48N4O2/c1-28(2)12-14-33(27(35-8)37-36-9)15-13-32(7)25(21(33)18-28)22(38)16-24-30(5)17-20(19-34)26(39)29(3,4)23(30)10-11-31(24,32)6/h17,21,23-25H,10-16,18H2,1-9H3/t21-,23-,24+,25-,30-,31+,32+,33-/m0/s1. The molecule has 0 amide bonds. The molecule has 0 aromatic heterocycles. The van der Waals surface area contributed by atoms with E-state index in [1.165, 1.54) is 0 Å². The first-order valence-electron chi connectivity index (χ1n) is 15.1. The van der Waals surface area contributed by atoms with Crippen LogP contribution in [0.2, 0.25) is 0 Å². The third-order valence-corrected chi connectivity index (χ3v) is 13.3. The van der Waals surface area contributed by atoms with Gasteiger partial charge in [0.15, 0.2) is 11.6 Å². The molecule has 5 aliphatic carbocycles. The number of aliphatic imine (C=N–C) groups is 1. The maximum absolute atomic E-state index is 14.7. The number of ketones is 2. The SMILES string of the molecule is CN=NC(=NC)[C@]12CCC(C)(C)C[C@H]1[C@H]1C(=O)C[C@@H]3[C@@]4(C)C=C(C#N)C(=O)C(C)(C)[C@@H]4CC[C@@]3(C)[C@]1(C)CC2. The Labute approximate surface area is 235 Å². The Bertz CT molecular complexity index is 1240. The minimum atomic E-state index is -0.608. The molecular weight excluding hydrogens is 484 g/mol. The fraction of sp³-hybridized carbons (Fsp3) is 0.818. The summed E-state index contributed by atoms with van der Waals surface area (Å²) in [6, 6.07) is 2.23. The third-order valence-electron chi connectivity index (χ3n) is 13.3. The highest BCUT2D eigenvalue weighted by molar-refractivity contribution is 6.04. The van der Waals surface area contributed by atoms with Gasteiger partial charge < -0.3 is 0 Å². The smallest absolute Gasteiger partial charge is 0.178 e. The molecule has 0 N–H and O–H groups in total. The number of rotatable bonds is 1. The molecule has 0 radical (unpaired) electrons. The molecule has 0 bridgehead atoms. The zero-order valence-electron chi connectivity index (χ0n) is 25.6. The number of azo groups is 1. The Kier molecular flexibility index (Phi) is 6.31. The van der Waals surface area contributed by atoms with Gasteiger partial charge in [-0.25, -0.2) is 0 Å². The number of hydrogen-bond acceptors (Lipinski definition) is 5. The molecule has 0 aromatic rings. The van der Waals surface area contributed by atoms with Crippen LogP contribution in [0.1, 0.15) is 99.8 Å². The topological polar surface area (TPSA) is 95.0 Å². The molecule has 4 saturated carbocycles. The number of nitrogens with zero attached hydrogens (tertiary/aromatic N) is 4. The van der Waals surface area contributed by atoms with Crippen LogP contribution in [0.5, 0.6) is 0 Å². The molecule has 6 heteroatoms. The van der Waals surface area contributed by atoms with E-state index in [1.54, 1.807) is 7.05 Å². The molecule has 4 fully saturated rings. The van der Waals surface area contributed by atoms with Gasteiger partial charge in [-0.05, 0) is 84.4 Å². The predicted molar refractivity (Wildman–Crippen MR) is 153 cm³/mol. The Morgan fingerprint density at radius 1 is 0.923 bits per heavy atom. The highest BCUT2D eigenvalue weighted by Crippen LogP contribution is 2.76. The average Bonchev–Trinajstić information content (AvgIpc) is 2.86. The predicted octanol–water partition coefficient (Wildman–Crippen LogP) is 7.40. The summed E-state index contributed by atoms with van der Waals surface area (Å²) in [5.41, 5.74) is -0.983. The van der Waals surface area contributed by atoms with Gasteiger partial charge in [0.2, 0.25) is 0 Å². The fourth-order valence-corrected chi connectivity index (χ4v) is 11.2. The molecule has 0 heterocycles. The van der Waals surface area contributed by atoms with Gasteiger partial charge >= 0.3 is 0 Å². The van der Waals surface area contributed by atoms with Crippen LogP contribution >= 0.6 is 0 Å². The van der Waals surface area contributed by atoms with E-state index >= 15 is 0 Å². The summed E-state index contributed by atoms with van der Waals surface area (Å²) in [5.74, 6) is 1.54. The van der Waals surface area contributed by atoms with Crippen molar-refractivity contribution in [1.82, 2.24) is 0 Å². The van der Waals surface area contributed by atoms with Gasteiger partial charge in [-0.3, -0.25) is 14.6 Å². The van der Waals surface area contributed by atoms with Crippen LogP contribution in [0.25, 0.3) is 0 Å². The largest absolute Gasteiger partial charge is 0.299 e. The van der Waals surface area contributed by atoms with Crippen molar-refractivity contribution in [2.24, 2.45) is 71.4 Å². The Morgan fingerprint density at radius 3 is 2.21 bits per heavy atom. The molecule has 0 unspecified atom stereocenters. The fourth-order valence-electron chi connectivity index (χ4n) is 11.2. The Balaban J connectivity index is 1.66. The van der Waals surface area contributed by atoms with Gasteiger partial charge in [0, 0.05) is 37.3 Å². The molecule has 6 nitrogen and oxygen atoms in total. The van der Waals surface area contributed by atoms with Crippen molar-refractivity contribution in [3.05, 3.63) is 11.6 Å². The summed E-state index contributed by atoms with van der Waals surface area (Å²) in [5, 5.41) is 18.7. The molecule has 8 atom stereocenters. The summed E-state index contributed by atoms with van der Waals surface area (Å²) < 4.78 is 0. The number of carbonyl (C=O) groups is 2. The molecular formula is C33H48N4O2. The van der Waals surface area contributed by atoms with Gasteiger partial charge in [0.25, 0.3) is 0 Å². The molecule has 0 aromatic carbocycles. The van der Waals surface area contributed by atoms with Gasteiger partial charge in [0.1, 0.15) is 11.9 Å². The van der Waals surface area contributed by atoms with Crippen molar-refractivity contribution >= 4 is 17.4 Å². The van der Waals surface area contributed by atoms with Crippen molar-refractivity contribution in [2.75, 3.05) is 14.1 Å². The van der Waals surface area contributed by atoms with Gasteiger partial charge in [-0.1, -0.05) is 54.5 Å². The van der Waals surface area contributed by atoms with Crippen molar-refractivity contribution in [2.45, 2.75) is 99.8 Å². The van der Waals surface area contributed by atoms with Crippen LogP contribution in [-0.4, -0.2) is 31.5 Å². The second-order valence-electron chi connectivity index (χ2n) is 15.7. The lowest BCUT2D eigenvalue weighted by atomic mass is 9.31. The van der Waals surface area contributed by atoms with Crippen LogP contribution in [-0.2, 0) is 9.59 Å². The van der Waals surface area contributed by atoms with E-state index in [2.05, 4.69) is 55.9 Å². The Morgan fingerprint density at radius 2 is 1.59 bits per heavy atom. The van der Waals surface area contributed by atoms with Crippen LogP contribution in [0, 0.1) is 67.5 Å². The van der Waals surface area contributed by atoms with Gasteiger partial charge in [0.05, 0.1) is 5.57 Å². The van der Waals surface area contributed by atoms with Gasteiger partial charge in [-0.2, -0.15) is 10.4 Å². The Hall–Kier alpha value is -2.16. The lowest BCUT2D eigenvalue weighted by molar-refractivity contribution is -0.215. The van der Waals surface area contributed by atoms with Crippen LogP contribution in [0.15, 0.2) is 26.9 Å². The number of allylic oxidation sites excluding steroid dienone is 2. The van der Waals surface area contributed by atoms with Crippen LogP contribution in [0.4, 0.5) is 0 Å². The molecule has 0 saturated heterocycles. The van der Waals surface area contributed by atoms with Crippen LogP contribution in [0.3, 0.4) is 0 Å². The third kappa shape index (κ3) is 3.53. The summed E-state index contributed by atoms with van der Waals surface area (Å²) >= 11 is 0. The van der Waals surface area contributed by atoms with E-state index in [0.717, 1.165) is 50.8 Å². The monoisotopic (exact) mass is 532 g/mol. The maximum Gasteiger partial charge on any atom is 0.178 e. The van der Waals surface area contributed by atoms with Crippen LogP contribution < -0.4 is 0 Å². The second kappa shape index (κ2) is 8.67. The summed E-state index contributed by atoms with van der Waals surface area (Å²) in [4.78, 5) is 32.6. The number of hydrogen-bond donors (Lipinski definition) is 0. The first kappa shape index (κ1) is 28.4. The van der Waals surface area contributed by atoms with Crippen molar-refractivity contribution in [3.63, 3.8) is 0 Å². The minimum Gasteiger partial charge on any atom is -0.299 e. The van der Waals surface area contributed by atoms with E-state index in [0.29, 0.717) is 12.2 Å². The second-order valence-corrected chi connectivity index (χ2v) is 15.7. The highest BCUT2D eigenvalue weighted by atomic mass is 16.1.